The van der Waals surface area contributed by atoms with Crippen molar-refractivity contribution < 1.29 is 9.47 Å². The molecule has 1 aliphatic rings. The summed E-state index contributed by atoms with van der Waals surface area (Å²) < 4.78 is 11.4. The smallest absolute Gasteiger partial charge is 0.163 e. The van der Waals surface area contributed by atoms with Gasteiger partial charge in [-0.25, -0.2) is 0 Å². The van der Waals surface area contributed by atoms with E-state index in [1.54, 1.807) is 13.2 Å². The summed E-state index contributed by atoms with van der Waals surface area (Å²) in [5.74, 6) is 1.43. The maximum absolute atomic E-state index is 6.14. The molecule has 142 valence electrons. The lowest BCUT2D eigenvalue weighted by Gasteiger charge is -2.19. The molecule has 0 bridgehead atoms. The van der Waals surface area contributed by atoms with Crippen LogP contribution in [0.1, 0.15) is 25.5 Å². The number of rotatable bonds is 7. The van der Waals surface area contributed by atoms with Gasteiger partial charge in [-0.15, -0.1) is 0 Å². The minimum Gasteiger partial charge on any atom is -0.497 e. The number of H-pyrrole nitrogens is 1. The van der Waals surface area contributed by atoms with E-state index in [4.69, 9.17) is 9.47 Å². The number of methoxy groups -OCH3 is 1. The van der Waals surface area contributed by atoms with Gasteiger partial charge in [-0.3, -0.25) is 5.10 Å². The Morgan fingerprint density at radius 1 is 1.15 bits per heavy atom. The van der Waals surface area contributed by atoms with Gasteiger partial charge in [-0.2, -0.15) is 5.10 Å². The molecule has 5 nitrogen and oxygen atoms in total. The number of nitrogens with one attached hydrogen (secondary N) is 2. The molecule has 1 unspecified atom stereocenters. The van der Waals surface area contributed by atoms with Crippen LogP contribution in [0.4, 0.5) is 0 Å². The fraction of sp³-hybridized carbons (Fsp3) is 0.273. The minimum atomic E-state index is -0.118. The average molecular weight is 365 g/mol. The highest BCUT2D eigenvalue weighted by atomic mass is 16.5. The number of aromatic amines is 1. The van der Waals surface area contributed by atoms with Gasteiger partial charge in [-0.05, 0) is 42.5 Å². The largest absolute Gasteiger partial charge is 0.497 e. The SMILES string of the molecule is CC.CNCC(OC1=C=CC=C(OC)C=C1)c1ccc(-c2cn[nH]c2)cc1. The molecule has 1 atom stereocenters. The highest BCUT2D eigenvalue weighted by Gasteiger charge is 2.14. The van der Waals surface area contributed by atoms with Gasteiger partial charge in [0, 0.05) is 18.3 Å². The average Bonchev–Trinajstić information content (AvgIpc) is 3.17. The van der Waals surface area contributed by atoms with E-state index >= 15 is 0 Å². The molecular formula is C22H27N3O2. The van der Waals surface area contributed by atoms with E-state index < -0.39 is 0 Å². The lowest BCUT2D eigenvalue weighted by Crippen LogP contribution is -2.19. The third-order valence-corrected chi connectivity index (χ3v) is 3.88. The molecule has 27 heavy (non-hydrogen) atoms. The molecule has 3 rings (SSSR count). The van der Waals surface area contributed by atoms with Crippen molar-refractivity contribution in [2.45, 2.75) is 20.0 Å². The first-order chi connectivity index (χ1) is 13.3. The van der Waals surface area contributed by atoms with Crippen molar-refractivity contribution >= 4 is 0 Å². The van der Waals surface area contributed by atoms with Crippen LogP contribution >= 0.6 is 0 Å². The first-order valence-electron chi connectivity index (χ1n) is 9.09. The third-order valence-electron chi connectivity index (χ3n) is 3.88. The van der Waals surface area contributed by atoms with Gasteiger partial charge in [0.1, 0.15) is 11.9 Å². The Labute approximate surface area is 161 Å². The van der Waals surface area contributed by atoms with Gasteiger partial charge >= 0.3 is 0 Å². The number of hydrogen-bond acceptors (Lipinski definition) is 4. The van der Waals surface area contributed by atoms with Gasteiger partial charge in [0.15, 0.2) is 5.76 Å². The molecule has 0 saturated carbocycles. The number of nitrogens with zero attached hydrogens (tertiary/aromatic N) is 1. The standard InChI is InChI=1S/C20H21N3O2.C2H6/c1-21-14-20(25-19-5-3-4-18(24-2)10-11-19)16-8-6-15(7-9-16)17-12-22-23-13-17;1-2/h3-4,6-13,20-21H,14H2,1-2H3,(H,22,23);1-2H3. The van der Waals surface area contributed by atoms with Crippen LogP contribution in [0.2, 0.25) is 0 Å². The Kier molecular flexibility index (Phi) is 8.17. The molecule has 2 N–H and O–H groups in total. The number of allylic oxidation sites excluding steroid dienone is 3. The molecular weight excluding hydrogens is 338 g/mol. The van der Waals surface area contributed by atoms with Gasteiger partial charge in [0.05, 0.1) is 13.3 Å². The Morgan fingerprint density at radius 3 is 2.56 bits per heavy atom. The lowest BCUT2D eigenvalue weighted by atomic mass is 10.0. The molecule has 0 radical (unpaired) electrons. The molecule has 0 amide bonds. The maximum atomic E-state index is 6.14. The van der Waals surface area contributed by atoms with Crippen molar-refractivity contribution in [3.8, 4) is 11.1 Å². The summed E-state index contributed by atoms with van der Waals surface area (Å²) in [5, 5.41) is 10.00. The third kappa shape index (κ3) is 5.74. The zero-order valence-corrected chi connectivity index (χ0v) is 16.3. The van der Waals surface area contributed by atoms with Crippen LogP contribution in [0, 0.1) is 0 Å². The van der Waals surface area contributed by atoms with Gasteiger partial charge < -0.3 is 14.8 Å². The summed E-state index contributed by atoms with van der Waals surface area (Å²) in [6.07, 6.45) is 10.9. The Hall–Kier alpha value is -3.01. The Bertz CT molecular complexity index is 812. The Balaban J connectivity index is 0.00000126. The van der Waals surface area contributed by atoms with Crippen molar-refractivity contribution in [1.82, 2.24) is 15.5 Å². The van der Waals surface area contributed by atoms with Crippen LogP contribution in [0.15, 0.2) is 78.2 Å². The zero-order chi connectivity index (χ0) is 19.5. The van der Waals surface area contributed by atoms with Crippen molar-refractivity contribution in [2.24, 2.45) is 0 Å². The monoisotopic (exact) mass is 365 g/mol. The summed E-state index contributed by atoms with van der Waals surface area (Å²) in [7, 11) is 3.55. The van der Waals surface area contributed by atoms with E-state index in [2.05, 4.69) is 45.5 Å². The van der Waals surface area contributed by atoms with E-state index in [1.165, 1.54) is 0 Å². The molecule has 2 aromatic rings. The van der Waals surface area contributed by atoms with E-state index in [0.29, 0.717) is 12.3 Å². The van der Waals surface area contributed by atoms with Crippen molar-refractivity contribution in [3.05, 3.63) is 83.8 Å². The summed E-state index contributed by atoms with van der Waals surface area (Å²) in [6.45, 7) is 4.69. The van der Waals surface area contributed by atoms with Gasteiger partial charge in [0.2, 0.25) is 0 Å². The predicted molar refractivity (Wildman–Crippen MR) is 109 cm³/mol. The molecule has 0 spiro atoms. The molecule has 0 saturated heterocycles. The second-order valence-electron chi connectivity index (χ2n) is 5.55. The molecule has 1 aromatic heterocycles. The predicted octanol–water partition coefficient (Wildman–Crippen LogP) is 4.52. The van der Waals surface area contributed by atoms with Crippen LogP contribution in [0.5, 0.6) is 0 Å². The van der Waals surface area contributed by atoms with E-state index in [0.717, 1.165) is 22.4 Å². The summed E-state index contributed by atoms with van der Waals surface area (Å²) in [5.41, 5.74) is 6.39. The van der Waals surface area contributed by atoms with E-state index in [-0.39, 0.29) is 6.10 Å². The van der Waals surface area contributed by atoms with E-state index in [9.17, 15) is 0 Å². The summed E-state index contributed by atoms with van der Waals surface area (Å²) >= 11 is 0. The lowest BCUT2D eigenvalue weighted by molar-refractivity contribution is 0.127. The summed E-state index contributed by atoms with van der Waals surface area (Å²) in [6, 6.07) is 8.30. The second-order valence-corrected chi connectivity index (χ2v) is 5.55. The second kappa shape index (κ2) is 10.9. The first-order valence-corrected chi connectivity index (χ1v) is 9.09. The highest BCUT2D eigenvalue weighted by Crippen LogP contribution is 2.25. The van der Waals surface area contributed by atoms with Crippen LogP contribution in [0.3, 0.4) is 0 Å². The van der Waals surface area contributed by atoms with Gasteiger partial charge in [0.25, 0.3) is 0 Å². The zero-order valence-electron chi connectivity index (χ0n) is 16.3. The number of likely N-dealkylation sites (N-methyl/N-ethyl adjacent to an activating group) is 1. The maximum Gasteiger partial charge on any atom is 0.163 e. The fourth-order valence-electron chi connectivity index (χ4n) is 2.54. The normalized spacial score (nSPS) is 13.6. The van der Waals surface area contributed by atoms with E-state index in [1.807, 2.05) is 51.5 Å². The fourth-order valence-corrected chi connectivity index (χ4v) is 2.54. The van der Waals surface area contributed by atoms with Crippen LogP contribution in [0.25, 0.3) is 11.1 Å². The van der Waals surface area contributed by atoms with Crippen LogP contribution in [-0.4, -0.2) is 30.9 Å². The number of aromatic nitrogens is 2. The van der Waals surface area contributed by atoms with Crippen LogP contribution < -0.4 is 5.32 Å². The highest BCUT2D eigenvalue weighted by molar-refractivity contribution is 5.61. The van der Waals surface area contributed by atoms with Crippen molar-refractivity contribution in [3.63, 3.8) is 0 Å². The molecule has 1 heterocycles. The van der Waals surface area contributed by atoms with Crippen LogP contribution in [-0.2, 0) is 9.47 Å². The number of benzene rings is 1. The molecule has 0 aliphatic heterocycles. The molecule has 1 aliphatic carbocycles. The summed E-state index contributed by atoms with van der Waals surface area (Å²) in [4.78, 5) is 0. The molecule has 5 heteroatoms. The van der Waals surface area contributed by atoms with Crippen molar-refractivity contribution in [2.75, 3.05) is 20.7 Å². The topological polar surface area (TPSA) is 59.2 Å². The van der Waals surface area contributed by atoms with Gasteiger partial charge in [-0.1, -0.05) is 43.8 Å². The Morgan fingerprint density at radius 2 is 1.93 bits per heavy atom. The number of ether oxygens (including phenoxy) is 2. The minimum absolute atomic E-state index is 0.118. The quantitative estimate of drug-likeness (QED) is 0.708. The molecule has 1 aromatic carbocycles. The molecule has 0 fully saturated rings. The first kappa shape index (κ1) is 20.3. The van der Waals surface area contributed by atoms with Crippen molar-refractivity contribution in [1.29, 1.82) is 0 Å². The number of hydrogen-bond donors (Lipinski definition) is 2.